The highest BCUT2D eigenvalue weighted by Crippen LogP contribution is 2.15. The second kappa shape index (κ2) is 6.39. The summed E-state index contributed by atoms with van der Waals surface area (Å²) in [4.78, 5) is 2.53. The van der Waals surface area contributed by atoms with E-state index in [1.165, 1.54) is 36.2 Å². The van der Waals surface area contributed by atoms with Gasteiger partial charge < -0.3 is 5.32 Å². The van der Waals surface area contributed by atoms with E-state index in [2.05, 4.69) is 49.3 Å². The molecule has 1 saturated heterocycles. The highest BCUT2D eigenvalue weighted by molar-refractivity contribution is 5.85. The van der Waals surface area contributed by atoms with E-state index in [9.17, 15) is 0 Å². The van der Waals surface area contributed by atoms with E-state index in [-0.39, 0.29) is 12.4 Å². The van der Waals surface area contributed by atoms with E-state index in [4.69, 9.17) is 0 Å². The molecule has 1 atom stereocenters. The summed E-state index contributed by atoms with van der Waals surface area (Å²) in [5.74, 6) is 0. The molecule has 1 heterocycles. The second-order valence-corrected chi connectivity index (χ2v) is 4.93. The topological polar surface area (TPSA) is 15.3 Å². The molecule has 1 fully saturated rings. The minimum atomic E-state index is 0. The highest BCUT2D eigenvalue weighted by atomic mass is 35.5. The largest absolute Gasteiger partial charge is 0.316 e. The van der Waals surface area contributed by atoms with E-state index < -0.39 is 0 Å². The van der Waals surface area contributed by atoms with Gasteiger partial charge in [-0.15, -0.1) is 12.4 Å². The van der Waals surface area contributed by atoms with Crippen LogP contribution in [0.1, 0.15) is 23.1 Å². The first-order valence-electron chi connectivity index (χ1n) is 6.15. The third-order valence-electron chi connectivity index (χ3n) is 3.66. The average Bonchev–Trinajstić information content (AvgIpc) is 2.71. The fourth-order valence-electron chi connectivity index (χ4n) is 2.37. The maximum absolute atomic E-state index is 3.36. The minimum absolute atomic E-state index is 0. The summed E-state index contributed by atoms with van der Waals surface area (Å²) < 4.78 is 0. The van der Waals surface area contributed by atoms with Crippen LogP contribution in [0.2, 0.25) is 0 Å². The van der Waals surface area contributed by atoms with Gasteiger partial charge in [0.25, 0.3) is 0 Å². The predicted octanol–water partition coefficient (Wildman–Crippen LogP) is 2.52. The number of rotatable bonds is 3. The number of aryl methyl sites for hydroxylation is 2. The van der Waals surface area contributed by atoms with Crippen LogP contribution in [0.15, 0.2) is 18.2 Å². The standard InChI is InChI=1S/C14H22N2.ClH/c1-11-4-5-13(8-12(11)2)9-16-7-6-14(10-16)15-3;/h4-5,8,14-15H,6-7,9-10H2,1-3H3;1H. The Morgan fingerprint density at radius 1 is 1.29 bits per heavy atom. The molecule has 0 saturated carbocycles. The molecule has 3 heteroatoms. The van der Waals surface area contributed by atoms with Crippen LogP contribution >= 0.6 is 12.4 Å². The Morgan fingerprint density at radius 2 is 2.06 bits per heavy atom. The lowest BCUT2D eigenvalue weighted by atomic mass is 10.1. The van der Waals surface area contributed by atoms with E-state index in [0.29, 0.717) is 6.04 Å². The summed E-state index contributed by atoms with van der Waals surface area (Å²) in [6, 6.07) is 7.50. The number of nitrogens with zero attached hydrogens (tertiary/aromatic N) is 1. The van der Waals surface area contributed by atoms with Gasteiger partial charge in [-0.25, -0.2) is 0 Å². The lowest BCUT2D eigenvalue weighted by Crippen LogP contribution is -2.29. The molecule has 1 aromatic rings. The fourth-order valence-corrected chi connectivity index (χ4v) is 2.37. The van der Waals surface area contributed by atoms with Gasteiger partial charge in [0.05, 0.1) is 0 Å². The lowest BCUT2D eigenvalue weighted by Gasteiger charge is -2.16. The number of likely N-dealkylation sites (tertiary alicyclic amines) is 1. The molecule has 0 aliphatic carbocycles. The number of hydrogen-bond donors (Lipinski definition) is 1. The van der Waals surface area contributed by atoms with Crippen LogP contribution in [-0.4, -0.2) is 31.1 Å². The molecule has 1 aliphatic rings. The Bertz CT molecular complexity index is 365. The van der Waals surface area contributed by atoms with Gasteiger partial charge >= 0.3 is 0 Å². The molecule has 1 aliphatic heterocycles. The quantitative estimate of drug-likeness (QED) is 0.892. The maximum atomic E-state index is 3.36. The molecule has 96 valence electrons. The van der Waals surface area contributed by atoms with Crippen LogP contribution in [0.4, 0.5) is 0 Å². The Morgan fingerprint density at radius 3 is 2.65 bits per heavy atom. The summed E-state index contributed by atoms with van der Waals surface area (Å²) in [7, 11) is 2.06. The van der Waals surface area contributed by atoms with Gasteiger partial charge in [0.1, 0.15) is 0 Å². The molecule has 0 spiro atoms. The van der Waals surface area contributed by atoms with Crippen LogP contribution in [0.5, 0.6) is 0 Å². The Kier molecular flexibility index (Phi) is 5.44. The van der Waals surface area contributed by atoms with E-state index in [1.807, 2.05) is 0 Å². The molecular formula is C14H23ClN2. The molecular weight excluding hydrogens is 232 g/mol. The van der Waals surface area contributed by atoms with Crippen molar-refractivity contribution in [1.29, 1.82) is 0 Å². The summed E-state index contributed by atoms with van der Waals surface area (Å²) in [6.07, 6.45) is 1.28. The van der Waals surface area contributed by atoms with Gasteiger partial charge in [-0.2, -0.15) is 0 Å². The smallest absolute Gasteiger partial charge is 0.0234 e. The third kappa shape index (κ3) is 3.70. The molecule has 1 N–H and O–H groups in total. The van der Waals surface area contributed by atoms with Crippen molar-refractivity contribution in [3.63, 3.8) is 0 Å². The highest BCUT2D eigenvalue weighted by Gasteiger charge is 2.20. The van der Waals surface area contributed by atoms with Crippen molar-refractivity contribution in [2.75, 3.05) is 20.1 Å². The van der Waals surface area contributed by atoms with Crippen molar-refractivity contribution in [3.05, 3.63) is 34.9 Å². The molecule has 0 radical (unpaired) electrons. The third-order valence-corrected chi connectivity index (χ3v) is 3.66. The van der Waals surface area contributed by atoms with Crippen molar-refractivity contribution in [2.24, 2.45) is 0 Å². The molecule has 1 unspecified atom stereocenters. The maximum Gasteiger partial charge on any atom is 0.0234 e. The van der Waals surface area contributed by atoms with Crippen molar-refractivity contribution in [3.8, 4) is 0 Å². The summed E-state index contributed by atoms with van der Waals surface area (Å²) in [5, 5.41) is 3.36. The Labute approximate surface area is 111 Å². The zero-order valence-corrected chi connectivity index (χ0v) is 11.8. The van der Waals surface area contributed by atoms with Gasteiger partial charge in [-0.3, -0.25) is 4.90 Å². The van der Waals surface area contributed by atoms with Crippen molar-refractivity contribution < 1.29 is 0 Å². The van der Waals surface area contributed by atoms with Crippen molar-refractivity contribution in [1.82, 2.24) is 10.2 Å². The molecule has 0 amide bonds. The SMILES string of the molecule is CNC1CCN(Cc2ccc(C)c(C)c2)C1.Cl. The van der Waals surface area contributed by atoms with Crippen molar-refractivity contribution >= 4 is 12.4 Å². The molecule has 0 bridgehead atoms. The number of benzene rings is 1. The predicted molar refractivity (Wildman–Crippen MR) is 75.9 cm³/mol. The van der Waals surface area contributed by atoms with Gasteiger partial charge in [-0.05, 0) is 44.0 Å². The van der Waals surface area contributed by atoms with Crippen LogP contribution < -0.4 is 5.32 Å². The number of likely N-dealkylation sites (N-methyl/N-ethyl adjacent to an activating group) is 1. The van der Waals surface area contributed by atoms with Crippen LogP contribution in [0.3, 0.4) is 0 Å². The van der Waals surface area contributed by atoms with Gasteiger partial charge in [-0.1, -0.05) is 18.2 Å². The number of nitrogens with one attached hydrogen (secondary N) is 1. The Hall–Kier alpha value is -0.570. The summed E-state index contributed by atoms with van der Waals surface area (Å²) >= 11 is 0. The van der Waals surface area contributed by atoms with E-state index >= 15 is 0 Å². The molecule has 17 heavy (non-hydrogen) atoms. The monoisotopic (exact) mass is 254 g/mol. The summed E-state index contributed by atoms with van der Waals surface area (Å²) in [5.41, 5.74) is 4.24. The molecule has 2 rings (SSSR count). The Balaban J connectivity index is 0.00000144. The summed E-state index contributed by atoms with van der Waals surface area (Å²) in [6.45, 7) is 7.87. The molecule has 0 aromatic heterocycles. The molecule has 2 nitrogen and oxygen atoms in total. The van der Waals surface area contributed by atoms with E-state index in [0.717, 1.165) is 6.54 Å². The normalized spacial score (nSPS) is 20.3. The molecule has 1 aromatic carbocycles. The minimum Gasteiger partial charge on any atom is -0.316 e. The zero-order valence-electron chi connectivity index (χ0n) is 11.0. The first-order chi connectivity index (χ1) is 7.69. The van der Waals surface area contributed by atoms with Crippen LogP contribution in [0, 0.1) is 13.8 Å². The van der Waals surface area contributed by atoms with Gasteiger partial charge in [0.2, 0.25) is 0 Å². The first-order valence-corrected chi connectivity index (χ1v) is 6.15. The van der Waals surface area contributed by atoms with Crippen LogP contribution in [0.25, 0.3) is 0 Å². The average molecular weight is 255 g/mol. The van der Waals surface area contributed by atoms with E-state index in [1.54, 1.807) is 0 Å². The fraction of sp³-hybridized carbons (Fsp3) is 0.571. The van der Waals surface area contributed by atoms with Gasteiger partial charge in [0.15, 0.2) is 0 Å². The van der Waals surface area contributed by atoms with Gasteiger partial charge in [0, 0.05) is 25.7 Å². The lowest BCUT2D eigenvalue weighted by molar-refractivity contribution is 0.322. The van der Waals surface area contributed by atoms with Crippen molar-refractivity contribution in [2.45, 2.75) is 32.9 Å². The van der Waals surface area contributed by atoms with Crippen LogP contribution in [-0.2, 0) is 6.54 Å². The number of halogens is 1. The number of hydrogen-bond acceptors (Lipinski definition) is 2. The first kappa shape index (κ1) is 14.5. The second-order valence-electron chi connectivity index (χ2n) is 4.93. The zero-order chi connectivity index (χ0) is 11.5.